The number of rotatable bonds is 1. The van der Waals surface area contributed by atoms with Crippen molar-refractivity contribution in [3.05, 3.63) is 30.3 Å². The van der Waals surface area contributed by atoms with Crippen molar-refractivity contribution < 1.29 is 5.11 Å². The van der Waals surface area contributed by atoms with Crippen LogP contribution in [0.4, 0.5) is 5.69 Å². The van der Waals surface area contributed by atoms with Crippen molar-refractivity contribution in [1.29, 1.82) is 0 Å². The molecule has 1 aromatic carbocycles. The van der Waals surface area contributed by atoms with E-state index in [-0.39, 0.29) is 5.92 Å². The lowest BCUT2D eigenvalue weighted by molar-refractivity contribution is 0.125. The lowest BCUT2D eigenvalue weighted by atomic mass is 10.1. The summed E-state index contributed by atoms with van der Waals surface area (Å²) in [4.78, 5) is 6.38. The lowest BCUT2D eigenvalue weighted by Gasteiger charge is -2.36. The summed E-state index contributed by atoms with van der Waals surface area (Å²) in [6.45, 7) is 2.71. The number of aliphatic hydroxyl groups excluding tert-OH is 1. The molecule has 0 aromatic heterocycles. The van der Waals surface area contributed by atoms with E-state index in [0.29, 0.717) is 6.54 Å². The van der Waals surface area contributed by atoms with Crippen LogP contribution in [0.15, 0.2) is 35.3 Å². The molecule has 2 rings (SSSR count). The van der Waals surface area contributed by atoms with Crippen molar-refractivity contribution in [2.45, 2.75) is 13.2 Å². The number of hydrogen-bond acceptors (Lipinski definition) is 4. The summed E-state index contributed by atoms with van der Waals surface area (Å²) >= 11 is 1.57. The molecule has 1 N–H and O–H groups in total. The zero-order valence-electron chi connectivity index (χ0n) is 9.50. The summed E-state index contributed by atoms with van der Waals surface area (Å²) < 4.78 is 0. The van der Waals surface area contributed by atoms with Gasteiger partial charge in [-0.2, -0.15) is 0 Å². The molecule has 4 heteroatoms. The van der Waals surface area contributed by atoms with E-state index in [1.807, 2.05) is 48.4 Å². The van der Waals surface area contributed by atoms with Crippen LogP contribution in [-0.2, 0) is 0 Å². The number of nitrogens with zero attached hydrogens (tertiary/aromatic N) is 2. The maximum Gasteiger partial charge on any atom is 0.165 e. The van der Waals surface area contributed by atoms with Gasteiger partial charge in [-0.05, 0) is 18.4 Å². The number of aliphatic hydroxyl groups is 1. The molecule has 0 amide bonds. The molecule has 0 aliphatic carbocycles. The van der Waals surface area contributed by atoms with E-state index in [0.717, 1.165) is 10.9 Å². The zero-order valence-corrected chi connectivity index (χ0v) is 10.3. The maximum absolute atomic E-state index is 10.2. The molecule has 0 fully saturated rings. The molecular formula is C12H16N2OS. The molecule has 86 valence electrons. The number of thioether (sulfide) groups is 1. The first-order valence-corrected chi connectivity index (χ1v) is 6.57. The Labute approximate surface area is 100 Å². The number of aliphatic imine (C=N–C) groups is 1. The van der Waals surface area contributed by atoms with E-state index in [4.69, 9.17) is 0 Å². The molecule has 2 atom stereocenters. The Morgan fingerprint density at radius 3 is 2.69 bits per heavy atom. The standard InChI is InChI=1S/C12H16N2OS/c1-9-8-13-12(16-2)14(11(9)15)10-6-4-3-5-7-10/h3-7,9,11,15H,8H2,1-2H3/t9-,11-/m1/s1. The average Bonchev–Trinajstić information content (AvgIpc) is 2.33. The first-order valence-electron chi connectivity index (χ1n) is 5.35. The van der Waals surface area contributed by atoms with Crippen molar-refractivity contribution in [1.82, 2.24) is 0 Å². The molecule has 1 aliphatic rings. The second-order valence-corrected chi connectivity index (χ2v) is 4.70. The first kappa shape index (κ1) is 11.5. The van der Waals surface area contributed by atoms with Crippen LogP contribution in [0.3, 0.4) is 0 Å². The van der Waals surface area contributed by atoms with Crippen LogP contribution in [0.1, 0.15) is 6.92 Å². The highest BCUT2D eigenvalue weighted by atomic mass is 32.2. The minimum atomic E-state index is -0.484. The van der Waals surface area contributed by atoms with Crippen molar-refractivity contribution in [3.8, 4) is 0 Å². The van der Waals surface area contributed by atoms with E-state index >= 15 is 0 Å². The molecule has 1 aliphatic heterocycles. The fraction of sp³-hybridized carbons (Fsp3) is 0.417. The van der Waals surface area contributed by atoms with Gasteiger partial charge in [0.25, 0.3) is 0 Å². The summed E-state index contributed by atoms with van der Waals surface area (Å²) in [5.41, 5.74) is 0.995. The summed E-state index contributed by atoms with van der Waals surface area (Å²) in [5, 5.41) is 11.1. The highest BCUT2D eigenvalue weighted by Crippen LogP contribution is 2.26. The fourth-order valence-electron chi connectivity index (χ4n) is 1.77. The molecule has 0 spiro atoms. The average molecular weight is 236 g/mol. The maximum atomic E-state index is 10.2. The van der Waals surface area contributed by atoms with Gasteiger partial charge in [-0.3, -0.25) is 9.89 Å². The summed E-state index contributed by atoms with van der Waals surface area (Å²) in [7, 11) is 0. The van der Waals surface area contributed by atoms with Crippen LogP contribution in [-0.4, -0.2) is 29.3 Å². The van der Waals surface area contributed by atoms with Gasteiger partial charge in [-0.25, -0.2) is 0 Å². The largest absolute Gasteiger partial charge is 0.373 e. The number of para-hydroxylation sites is 1. The van der Waals surface area contributed by atoms with E-state index in [9.17, 15) is 5.11 Å². The fourth-order valence-corrected chi connectivity index (χ4v) is 2.39. The van der Waals surface area contributed by atoms with Gasteiger partial charge in [-0.1, -0.05) is 36.9 Å². The Balaban J connectivity index is 2.36. The topological polar surface area (TPSA) is 35.8 Å². The number of hydrogen-bond donors (Lipinski definition) is 1. The zero-order chi connectivity index (χ0) is 11.5. The first-order chi connectivity index (χ1) is 7.74. The van der Waals surface area contributed by atoms with Gasteiger partial charge in [0.1, 0.15) is 6.23 Å². The van der Waals surface area contributed by atoms with Gasteiger partial charge in [0.05, 0.1) is 0 Å². The molecule has 3 nitrogen and oxygen atoms in total. The van der Waals surface area contributed by atoms with Crippen molar-refractivity contribution in [2.24, 2.45) is 10.9 Å². The second kappa shape index (κ2) is 4.89. The normalized spacial score (nSPS) is 25.4. The minimum absolute atomic E-state index is 0.163. The Bertz CT molecular complexity index is 380. The Morgan fingerprint density at radius 1 is 1.38 bits per heavy atom. The van der Waals surface area contributed by atoms with Crippen molar-refractivity contribution in [2.75, 3.05) is 17.7 Å². The third kappa shape index (κ3) is 2.08. The Hall–Kier alpha value is -1.00. The summed E-state index contributed by atoms with van der Waals surface area (Å²) in [6.07, 6.45) is 1.50. The lowest BCUT2D eigenvalue weighted by Crippen LogP contribution is -2.47. The van der Waals surface area contributed by atoms with Crippen molar-refractivity contribution in [3.63, 3.8) is 0 Å². The molecule has 1 aromatic rings. The monoisotopic (exact) mass is 236 g/mol. The number of anilines is 1. The quantitative estimate of drug-likeness (QED) is 0.812. The van der Waals surface area contributed by atoms with Gasteiger partial charge < -0.3 is 5.11 Å². The van der Waals surface area contributed by atoms with Crippen LogP contribution >= 0.6 is 11.8 Å². The SMILES string of the molecule is CSC1=NC[C@@H](C)[C@@H](O)N1c1ccccc1. The third-order valence-corrected chi connectivity index (χ3v) is 3.40. The molecule has 0 saturated heterocycles. The molecule has 16 heavy (non-hydrogen) atoms. The molecule has 0 radical (unpaired) electrons. The molecule has 0 unspecified atom stereocenters. The predicted octanol–water partition coefficient (Wildman–Crippen LogP) is 2.18. The summed E-state index contributed by atoms with van der Waals surface area (Å²) in [6, 6.07) is 9.90. The number of benzene rings is 1. The van der Waals surface area contributed by atoms with E-state index in [1.165, 1.54) is 0 Å². The highest BCUT2D eigenvalue weighted by molar-refractivity contribution is 8.13. The Kier molecular flexibility index (Phi) is 3.51. The van der Waals surface area contributed by atoms with Gasteiger partial charge in [0.2, 0.25) is 0 Å². The Morgan fingerprint density at radius 2 is 2.06 bits per heavy atom. The minimum Gasteiger partial charge on any atom is -0.373 e. The van der Waals surface area contributed by atoms with Crippen molar-refractivity contribution >= 4 is 22.6 Å². The van der Waals surface area contributed by atoms with Crippen LogP contribution in [0, 0.1) is 5.92 Å². The smallest absolute Gasteiger partial charge is 0.165 e. The van der Waals surface area contributed by atoms with Crippen LogP contribution in [0.5, 0.6) is 0 Å². The van der Waals surface area contributed by atoms with Crippen LogP contribution < -0.4 is 4.90 Å². The highest BCUT2D eigenvalue weighted by Gasteiger charge is 2.29. The predicted molar refractivity (Wildman–Crippen MR) is 69.9 cm³/mol. The molecule has 0 bridgehead atoms. The molecule has 0 saturated carbocycles. The third-order valence-electron chi connectivity index (χ3n) is 2.71. The summed E-state index contributed by atoms with van der Waals surface area (Å²) in [5.74, 6) is 0.163. The van der Waals surface area contributed by atoms with Gasteiger partial charge in [-0.15, -0.1) is 0 Å². The molecule has 1 heterocycles. The second-order valence-electron chi connectivity index (χ2n) is 3.92. The van der Waals surface area contributed by atoms with Gasteiger partial charge >= 0.3 is 0 Å². The van der Waals surface area contributed by atoms with Gasteiger partial charge in [0.15, 0.2) is 5.17 Å². The van der Waals surface area contributed by atoms with Crippen LogP contribution in [0.25, 0.3) is 0 Å². The molecular weight excluding hydrogens is 220 g/mol. The van der Waals surface area contributed by atoms with E-state index < -0.39 is 6.23 Å². The van der Waals surface area contributed by atoms with E-state index in [1.54, 1.807) is 11.8 Å². The van der Waals surface area contributed by atoms with Gasteiger partial charge in [0, 0.05) is 18.2 Å². The van der Waals surface area contributed by atoms with E-state index in [2.05, 4.69) is 4.99 Å². The van der Waals surface area contributed by atoms with Crippen LogP contribution in [0.2, 0.25) is 0 Å². The number of amidine groups is 1.